The first-order valence-corrected chi connectivity index (χ1v) is 6.81. The molecule has 1 rings (SSSR count). The van der Waals surface area contributed by atoms with Crippen molar-refractivity contribution in [3.8, 4) is 5.88 Å². The lowest BCUT2D eigenvalue weighted by Crippen LogP contribution is -1.99. The van der Waals surface area contributed by atoms with Crippen LogP contribution in [0.4, 0.5) is 0 Å². The van der Waals surface area contributed by atoms with Crippen LogP contribution in [0.5, 0.6) is 5.88 Å². The maximum Gasteiger partial charge on any atom is 0.214 e. The van der Waals surface area contributed by atoms with E-state index in [1.54, 1.807) is 11.8 Å². The largest absolute Gasteiger partial charge is 0.478 e. The van der Waals surface area contributed by atoms with E-state index in [2.05, 4.69) is 18.2 Å². The molecule has 0 bridgehead atoms. The smallest absolute Gasteiger partial charge is 0.214 e. The van der Waals surface area contributed by atoms with Gasteiger partial charge in [-0.1, -0.05) is 24.9 Å². The van der Waals surface area contributed by atoms with Crippen LogP contribution in [0.2, 0.25) is 5.15 Å². The number of nitrogens with zero attached hydrogens (tertiary/aromatic N) is 1. The summed E-state index contributed by atoms with van der Waals surface area (Å²) in [5.41, 5.74) is 1.16. The van der Waals surface area contributed by atoms with Crippen LogP contribution >= 0.6 is 23.4 Å². The van der Waals surface area contributed by atoms with Gasteiger partial charge in [-0.3, -0.25) is 0 Å². The standard InChI is InChI=1S/C11H16ClNOS/c1-3-4-5-14-11-7-9(8-15-2)6-10(12)13-11/h6-7H,3-5,8H2,1-2H3. The van der Waals surface area contributed by atoms with E-state index >= 15 is 0 Å². The van der Waals surface area contributed by atoms with Crippen LogP contribution in [-0.4, -0.2) is 17.8 Å². The minimum absolute atomic E-state index is 0.507. The maximum absolute atomic E-state index is 5.90. The summed E-state index contributed by atoms with van der Waals surface area (Å²) in [6, 6.07) is 3.84. The minimum Gasteiger partial charge on any atom is -0.478 e. The molecule has 0 N–H and O–H groups in total. The van der Waals surface area contributed by atoms with Crippen LogP contribution in [0.3, 0.4) is 0 Å². The van der Waals surface area contributed by atoms with E-state index in [0.717, 1.165) is 24.2 Å². The first-order valence-electron chi connectivity index (χ1n) is 5.04. The zero-order valence-corrected chi connectivity index (χ0v) is 10.7. The van der Waals surface area contributed by atoms with Crippen LogP contribution in [0, 0.1) is 0 Å². The Morgan fingerprint density at radius 1 is 1.47 bits per heavy atom. The van der Waals surface area contributed by atoms with Crippen molar-refractivity contribution in [2.24, 2.45) is 0 Å². The second-order valence-corrected chi connectivity index (χ2v) is 4.52. The van der Waals surface area contributed by atoms with Gasteiger partial charge in [0.05, 0.1) is 6.61 Å². The Balaban J connectivity index is 2.62. The molecule has 0 radical (unpaired) electrons. The van der Waals surface area contributed by atoms with E-state index in [1.807, 2.05) is 12.1 Å². The number of rotatable bonds is 6. The molecule has 1 aromatic heterocycles. The van der Waals surface area contributed by atoms with Crippen molar-refractivity contribution in [1.29, 1.82) is 0 Å². The van der Waals surface area contributed by atoms with Gasteiger partial charge < -0.3 is 4.74 Å². The Hall–Kier alpha value is -0.410. The van der Waals surface area contributed by atoms with E-state index in [1.165, 1.54) is 0 Å². The molecule has 84 valence electrons. The highest BCUT2D eigenvalue weighted by Crippen LogP contribution is 2.19. The second-order valence-electron chi connectivity index (χ2n) is 3.27. The van der Waals surface area contributed by atoms with Gasteiger partial charge in [0.1, 0.15) is 5.15 Å². The average molecular weight is 246 g/mol. The Kier molecular flexibility index (Phi) is 5.88. The summed E-state index contributed by atoms with van der Waals surface area (Å²) in [6.45, 7) is 2.84. The van der Waals surface area contributed by atoms with Gasteiger partial charge in [-0.2, -0.15) is 11.8 Å². The van der Waals surface area contributed by atoms with Crippen molar-refractivity contribution in [1.82, 2.24) is 4.98 Å². The van der Waals surface area contributed by atoms with Crippen molar-refractivity contribution in [3.05, 3.63) is 22.8 Å². The fraction of sp³-hybridized carbons (Fsp3) is 0.545. The Bertz CT molecular complexity index is 307. The van der Waals surface area contributed by atoms with Crippen LogP contribution in [0.1, 0.15) is 25.3 Å². The first kappa shape index (κ1) is 12.7. The van der Waals surface area contributed by atoms with E-state index in [-0.39, 0.29) is 0 Å². The number of unbranched alkanes of at least 4 members (excludes halogenated alkanes) is 1. The molecule has 0 aliphatic rings. The third-order valence-corrected chi connectivity index (χ3v) is 2.70. The molecule has 0 aliphatic carbocycles. The van der Waals surface area contributed by atoms with E-state index < -0.39 is 0 Å². The number of ether oxygens (including phenoxy) is 1. The van der Waals surface area contributed by atoms with Crippen molar-refractivity contribution >= 4 is 23.4 Å². The molecular weight excluding hydrogens is 230 g/mol. The molecule has 2 nitrogen and oxygen atoms in total. The molecule has 15 heavy (non-hydrogen) atoms. The number of halogens is 1. The molecule has 0 unspecified atom stereocenters. The van der Waals surface area contributed by atoms with Gasteiger partial charge in [-0.05, 0) is 24.3 Å². The molecule has 0 saturated heterocycles. The van der Waals surface area contributed by atoms with Crippen molar-refractivity contribution in [2.75, 3.05) is 12.9 Å². The highest BCUT2D eigenvalue weighted by atomic mass is 35.5. The van der Waals surface area contributed by atoms with Gasteiger partial charge in [0, 0.05) is 11.8 Å². The molecule has 1 heterocycles. The lowest BCUT2D eigenvalue weighted by atomic mass is 10.3. The Morgan fingerprint density at radius 2 is 2.27 bits per heavy atom. The van der Waals surface area contributed by atoms with Crippen molar-refractivity contribution < 1.29 is 4.74 Å². The molecule has 4 heteroatoms. The third-order valence-electron chi connectivity index (χ3n) is 1.89. The molecule has 0 amide bonds. The lowest BCUT2D eigenvalue weighted by Gasteiger charge is -2.06. The Labute approximate surface area is 100 Å². The third kappa shape index (κ3) is 4.76. The van der Waals surface area contributed by atoms with E-state index in [0.29, 0.717) is 17.6 Å². The zero-order chi connectivity index (χ0) is 11.1. The van der Waals surface area contributed by atoms with Gasteiger partial charge in [0.25, 0.3) is 0 Å². The SMILES string of the molecule is CCCCOc1cc(CSC)cc(Cl)n1. The maximum atomic E-state index is 5.90. The quantitative estimate of drug-likeness (QED) is 0.563. The number of hydrogen-bond donors (Lipinski definition) is 0. The summed E-state index contributed by atoms with van der Waals surface area (Å²) in [7, 11) is 0. The summed E-state index contributed by atoms with van der Waals surface area (Å²) in [4.78, 5) is 4.12. The van der Waals surface area contributed by atoms with Crippen LogP contribution in [-0.2, 0) is 5.75 Å². The predicted molar refractivity (Wildman–Crippen MR) is 66.9 cm³/mol. The number of aromatic nitrogens is 1. The summed E-state index contributed by atoms with van der Waals surface area (Å²) in [5, 5.41) is 0.507. The molecule has 0 aliphatic heterocycles. The normalized spacial score (nSPS) is 10.3. The molecule has 0 spiro atoms. The molecular formula is C11H16ClNOS. The average Bonchev–Trinajstić information content (AvgIpc) is 2.18. The molecule has 1 aromatic rings. The van der Waals surface area contributed by atoms with Gasteiger partial charge in [-0.25, -0.2) is 4.98 Å². The molecule has 0 fully saturated rings. The van der Waals surface area contributed by atoms with Gasteiger partial charge >= 0.3 is 0 Å². The van der Waals surface area contributed by atoms with Gasteiger partial charge in [-0.15, -0.1) is 0 Å². The summed E-state index contributed by atoms with van der Waals surface area (Å²) in [6.07, 6.45) is 4.23. The van der Waals surface area contributed by atoms with E-state index in [9.17, 15) is 0 Å². The molecule has 0 atom stereocenters. The number of thioether (sulfide) groups is 1. The number of hydrogen-bond acceptors (Lipinski definition) is 3. The second kappa shape index (κ2) is 6.96. The fourth-order valence-electron chi connectivity index (χ4n) is 1.17. The van der Waals surface area contributed by atoms with Crippen LogP contribution in [0.15, 0.2) is 12.1 Å². The van der Waals surface area contributed by atoms with Gasteiger partial charge in [0.15, 0.2) is 0 Å². The van der Waals surface area contributed by atoms with Crippen molar-refractivity contribution in [3.63, 3.8) is 0 Å². The molecule has 0 aromatic carbocycles. The Morgan fingerprint density at radius 3 is 2.93 bits per heavy atom. The van der Waals surface area contributed by atoms with Gasteiger partial charge in [0.2, 0.25) is 5.88 Å². The summed E-state index contributed by atoms with van der Waals surface area (Å²) >= 11 is 7.66. The first-order chi connectivity index (χ1) is 7.26. The fourth-order valence-corrected chi connectivity index (χ4v) is 1.89. The van der Waals surface area contributed by atoms with Crippen LogP contribution < -0.4 is 4.74 Å². The topological polar surface area (TPSA) is 22.1 Å². The predicted octanol–water partition coefficient (Wildman–Crippen LogP) is 3.78. The highest BCUT2D eigenvalue weighted by molar-refractivity contribution is 7.97. The zero-order valence-electron chi connectivity index (χ0n) is 9.12. The summed E-state index contributed by atoms with van der Waals surface area (Å²) in [5.74, 6) is 1.58. The molecule has 0 saturated carbocycles. The lowest BCUT2D eigenvalue weighted by molar-refractivity contribution is 0.297. The number of pyridine rings is 1. The van der Waals surface area contributed by atoms with E-state index in [4.69, 9.17) is 16.3 Å². The monoisotopic (exact) mass is 245 g/mol. The van der Waals surface area contributed by atoms with Crippen LogP contribution in [0.25, 0.3) is 0 Å². The minimum atomic E-state index is 0.507. The summed E-state index contributed by atoms with van der Waals surface area (Å²) < 4.78 is 5.51. The van der Waals surface area contributed by atoms with Crippen molar-refractivity contribution in [2.45, 2.75) is 25.5 Å². The highest BCUT2D eigenvalue weighted by Gasteiger charge is 2.01.